The van der Waals surface area contributed by atoms with Crippen LogP contribution in [0.5, 0.6) is 0 Å². The van der Waals surface area contributed by atoms with Gasteiger partial charge in [-0.05, 0) is 53.9 Å². The summed E-state index contributed by atoms with van der Waals surface area (Å²) < 4.78 is 0.950. The van der Waals surface area contributed by atoms with Gasteiger partial charge in [-0.1, -0.05) is 18.5 Å². The fourth-order valence-corrected chi connectivity index (χ4v) is 2.59. The van der Waals surface area contributed by atoms with Gasteiger partial charge in [-0.2, -0.15) is 0 Å². The van der Waals surface area contributed by atoms with E-state index in [1.807, 2.05) is 26.0 Å². The van der Waals surface area contributed by atoms with Crippen LogP contribution in [0.1, 0.15) is 24.5 Å². The topological polar surface area (TPSA) is 49.8 Å². The predicted molar refractivity (Wildman–Crippen MR) is 92.7 cm³/mol. The number of nitrogens with zero attached hydrogens (tertiary/aromatic N) is 2. The molecule has 0 amide bonds. The Morgan fingerprint density at radius 2 is 1.90 bits per heavy atom. The molecule has 0 fully saturated rings. The molecule has 0 aliphatic rings. The molecule has 1 heterocycles. The molecule has 1 aromatic heterocycles. The highest BCUT2D eigenvalue weighted by Crippen LogP contribution is 2.32. The van der Waals surface area contributed by atoms with Crippen molar-refractivity contribution >= 4 is 44.9 Å². The van der Waals surface area contributed by atoms with Crippen LogP contribution in [0.3, 0.4) is 0 Å². The first-order valence-electron chi connectivity index (χ1n) is 6.81. The van der Waals surface area contributed by atoms with Gasteiger partial charge in [0.15, 0.2) is 0 Å². The van der Waals surface area contributed by atoms with Gasteiger partial charge in [-0.25, -0.2) is 9.97 Å². The van der Waals surface area contributed by atoms with Gasteiger partial charge in [0.1, 0.15) is 18.0 Å². The molecule has 0 aliphatic carbocycles. The van der Waals surface area contributed by atoms with Crippen molar-refractivity contribution in [3.8, 4) is 0 Å². The normalized spacial score (nSPS) is 10.5. The van der Waals surface area contributed by atoms with Gasteiger partial charge in [0, 0.05) is 21.6 Å². The number of nitrogens with one attached hydrogen (secondary N) is 2. The first-order chi connectivity index (χ1) is 10.0. The summed E-state index contributed by atoms with van der Waals surface area (Å²) in [5.74, 6) is 1.62. The van der Waals surface area contributed by atoms with Crippen molar-refractivity contribution < 1.29 is 0 Å². The quantitative estimate of drug-likeness (QED) is 0.772. The van der Waals surface area contributed by atoms with Crippen LogP contribution in [-0.4, -0.2) is 16.5 Å². The summed E-state index contributed by atoms with van der Waals surface area (Å²) in [6, 6.07) is 3.87. The van der Waals surface area contributed by atoms with E-state index in [1.165, 1.54) is 0 Å². The Hall–Kier alpha value is -1.33. The number of rotatable bonds is 5. The van der Waals surface area contributed by atoms with Crippen LogP contribution in [0.15, 0.2) is 22.9 Å². The minimum absolute atomic E-state index is 0.719. The molecule has 2 rings (SSSR count). The minimum atomic E-state index is 0.719. The molecule has 2 N–H and O–H groups in total. The van der Waals surface area contributed by atoms with Crippen LogP contribution < -0.4 is 10.6 Å². The lowest BCUT2D eigenvalue weighted by Crippen LogP contribution is -2.07. The molecule has 0 saturated carbocycles. The first-order valence-corrected chi connectivity index (χ1v) is 7.98. The number of hydrogen-bond donors (Lipinski definition) is 2. The number of hydrogen-bond acceptors (Lipinski definition) is 4. The van der Waals surface area contributed by atoms with E-state index in [1.54, 1.807) is 6.33 Å². The third kappa shape index (κ3) is 3.86. The Bertz CT molecular complexity index is 646. The van der Waals surface area contributed by atoms with Crippen molar-refractivity contribution in [1.29, 1.82) is 0 Å². The largest absolute Gasteiger partial charge is 0.370 e. The second-order valence-corrected chi connectivity index (χ2v) is 6.09. The van der Waals surface area contributed by atoms with E-state index in [2.05, 4.69) is 43.5 Å². The number of anilines is 3. The number of halogens is 2. The van der Waals surface area contributed by atoms with Crippen LogP contribution in [0.4, 0.5) is 17.3 Å². The predicted octanol–water partition coefficient (Wildman–Crippen LogP) is 5.07. The molecule has 0 spiro atoms. The molecule has 0 unspecified atom stereocenters. The maximum atomic E-state index is 6.19. The van der Waals surface area contributed by atoms with Crippen LogP contribution >= 0.6 is 27.5 Å². The summed E-state index contributed by atoms with van der Waals surface area (Å²) >= 11 is 9.73. The van der Waals surface area contributed by atoms with Crippen molar-refractivity contribution in [3.63, 3.8) is 0 Å². The maximum Gasteiger partial charge on any atom is 0.138 e. The third-order valence-corrected chi connectivity index (χ3v) is 4.19. The fourth-order valence-electron chi connectivity index (χ4n) is 1.87. The zero-order valence-corrected chi connectivity index (χ0v) is 14.6. The SMILES string of the molecule is CCCNc1ncnc(Nc2cc(Cl)c(C)cc2Br)c1C. The molecule has 0 aliphatic heterocycles. The zero-order valence-electron chi connectivity index (χ0n) is 12.3. The number of aromatic nitrogens is 2. The van der Waals surface area contributed by atoms with E-state index in [4.69, 9.17) is 11.6 Å². The van der Waals surface area contributed by atoms with E-state index in [0.29, 0.717) is 0 Å². The molecule has 0 bridgehead atoms. The Balaban J connectivity index is 2.29. The number of benzene rings is 1. The van der Waals surface area contributed by atoms with Crippen LogP contribution in [0.25, 0.3) is 0 Å². The second-order valence-electron chi connectivity index (χ2n) is 4.83. The summed E-state index contributed by atoms with van der Waals surface area (Å²) in [7, 11) is 0. The molecule has 0 atom stereocenters. The Morgan fingerprint density at radius 1 is 1.19 bits per heavy atom. The van der Waals surface area contributed by atoms with Crippen molar-refractivity contribution in [2.24, 2.45) is 0 Å². The van der Waals surface area contributed by atoms with Crippen LogP contribution in [-0.2, 0) is 0 Å². The molecule has 0 radical (unpaired) electrons. The van der Waals surface area contributed by atoms with Crippen LogP contribution in [0.2, 0.25) is 5.02 Å². The van der Waals surface area contributed by atoms with E-state index in [-0.39, 0.29) is 0 Å². The lowest BCUT2D eigenvalue weighted by Gasteiger charge is -2.14. The molecule has 21 heavy (non-hydrogen) atoms. The summed E-state index contributed by atoms with van der Waals surface area (Å²) in [4.78, 5) is 8.58. The lowest BCUT2D eigenvalue weighted by atomic mass is 10.2. The van der Waals surface area contributed by atoms with Gasteiger partial charge in [0.25, 0.3) is 0 Å². The van der Waals surface area contributed by atoms with Crippen LogP contribution in [0, 0.1) is 13.8 Å². The first kappa shape index (κ1) is 16.0. The Kier molecular flexibility index (Phi) is 5.42. The van der Waals surface area contributed by atoms with E-state index in [0.717, 1.165) is 50.9 Å². The molecular weight excluding hydrogens is 352 g/mol. The van der Waals surface area contributed by atoms with E-state index < -0.39 is 0 Å². The molecule has 1 aromatic carbocycles. The lowest BCUT2D eigenvalue weighted by molar-refractivity contribution is 0.960. The van der Waals surface area contributed by atoms with Gasteiger partial charge < -0.3 is 10.6 Å². The smallest absolute Gasteiger partial charge is 0.138 e. The standard InChI is InChI=1S/C15H18BrClN4/c1-4-5-18-14-10(3)15(20-8-19-14)21-13-7-12(17)9(2)6-11(13)16/h6-8H,4-5H2,1-3H3,(H2,18,19,20,21). The minimum Gasteiger partial charge on any atom is -0.370 e. The molecule has 112 valence electrons. The van der Waals surface area contributed by atoms with Crippen molar-refractivity contribution in [1.82, 2.24) is 9.97 Å². The number of aryl methyl sites for hydroxylation is 1. The third-order valence-electron chi connectivity index (χ3n) is 3.13. The molecule has 0 saturated heterocycles. The summed E-state index contributed by atoms with van der Waals surface area (Å²) in [6.45, 7) is 6.97. The fraction of sp³-hybridized carbons (Fsp3) is 0.333. The highest BCUT2D eigenvalue weighted by atomic mass is 79.9. The monoisotopic (exact) mass is 368 g/mol. The van der Waals surface area contributed by atoms with Crippen molar-refractivity contribution in [2.75, 3.05) is 17.2 Å². The molecular formula is C15H18BrClN4. The van der Waals surface area contributed by atoms with Crippen molar-refractivity contribution in [3.05, 3.63) is 39.1 Å². The summed E-state index contributed by atoms with van der Waals surface area (Å²) in [5.41, 5.74) is 2.89. The Morgan fingerprint density at radius 3 is 2.62 bits per heavy atom. The Labute approximate surface area is 138 Å². The van der Waals surface area contributed by atoms with Gasteiger partial charge in [0.05, 0.1) is 5.69 Å². The van der Waals surface area contributed by atoms with Gasteiger partial charge in [-0.15, -0.1) is 0 Å². The van der Waals surface area contributed by atoms with Gasteiger partial charge in [-0.3, -0.25) is 0 Å². The highest BCUT2D eigenvalue weighted by molar-refractivity contribution is 9.10. The van der Waals surface area contributed by atoms with Crippen molar-refractivity contribution in [2.45, 2.75) is 27.2 Å². The zero-order chi connectivity index (χ0) is 15.4. The average molecular weight is 370 g/mol. The van der Waals surface area contributed by atoms with Gasteiger partial charge in [0.2, 0.25) is 0 Å². The molecule has 6 heteroatoms. The molecule has 2 aromatic rings. The summed E-state index contributed by atoms with van der Waals surface area (Å²) in [6.07, 6.45) is 2.60. The highest BCUT2D eigenvalue weighted by Gasteiger charge is 2.10. The second kappa shape index (κ2) is 7.09. The van der Waals surface area contributed by atoms with Gasteiger partial charge >= 0.3 is 0 Å². The molecule has 4 nitrogen and oxygen atoms in total. The maximum absolute atomic E-state index is 6.19. The van der Waals surface area contributed by atoms with E-state index >= 15 is 0 Å². The average Bonchev–Trinajstić information content (AvgIpc) is 2.45. The van der Waals surface area contributed by atoms with E-state index in [9.17, 15) is 0 Å². The summed E-state index contributed by atoms with van der Waals surface area (Å²) in [5, 5.41) is 7.32.